The van der Waals surface area contributed by atoms with E-state index in [-0.39, 0.29) is 5.75 Å². The highest BCUT2D eigenvalue weighted by atomic mass is 35.5. The van der Waals surface area contributed by atoms with Crippen molar-refractivity contribution in [1.82, 2.24) is 9.97 Å². The Morgan fingerprint density at radius 2 is 1.95 bits per heavy atom. The van der Waals surface area contributed by atoms with Crippen LogP contribution in [0.4, 0.5) is 20.3 Å². The van der Waals surface area contributed by atoms with Gasteiger partial charge in [-0.1, -0.05) is 18.5 Å². The number of rotatable bonds is 6. The van der Waals surface area contributed by atoms with Crippen LogP contribution in [0.2, 0.25) is 5.15 Å². The first-order valence-electron chi connectivity index (χ1n) is 6.42. The Labute approximate surface area is 126 Å². The van der Waals surface area contributed by atoms with E-state index >= 15 is 0 Å². The van der Waals surface area contributed by atoms with Gasteiger partial charge < -0.3 is 10.1 Å². The van der Waals surface area contributed by atoms with Gasteiger partial charge in [-0.15, -0.1) is 0 Å². The van der Waals surface area contributed by atoms with Crippen molar-refractivity contribution in [3.63, 3.8) is 0 Å². The molecule has 7 heteroatoms. The lowest BCUT2D eigenvalue weighted by Crippen LogP contribution is -2.02. The molecule has 0 atom stereocenters. The van der Waals surface area contributed by atoms with Gasteiger partial charge in [0.15, 0.2) is 0 Å². The summed E-state index contributed by atoms with van der Waals surface area (Å²) in [7, 11) is 0. The zero-order valence-corrected chi connectivity index (χ0v) is 12.1. The van der Waals surface area contributed by atoms with Crippen LogP contribution in [0.5, 0.6) is 5.75 Å². The van der Waals surface area contributed by atoms with Crippen molar-refractivity contribution in [3.8, 4) is 5.75 Å². The van der Waals surface area contributed by atoms with Gasteiger partial charge in [-0.05, 0) is 30.7 Å². The number of hydrogen-bond donors (Lipinski definition) is 1. The molecular formula is C14H14ClF2N3O. The van der Waals surface area contributed by atoms with Crippen LogP contribution >= 0.6 is 11.6 Å². The topological polar surface area (TPSA) is 47.0 Å². The normalized spacial score (nSPS) is 10.7. The zero-order valence-electron chi connectivity index (χ0n) is 11.3. The maximum atomic E-state index is 12.1. The molecule has 1 N–H and O–H groups in total. The average molecular weight is 314 g/mol. The van der Waals surface area contributed by atoms with Crippen LogP contribution in [0, 0.1) is 0 Å². The monoisotopic (exact) mass is 313 g/mol. The molecule has 0 amide bonds. The molecule has 0 spiro atoms. The summed E-state index contributed by atoms with van der Waals surface area (Å²) >= 11 is 5.94. The first-order chi connectivity index (χ1) is 10.1. The van der Waals surface area contributed by atoms with Gasteiger partial charge in [0.1, 0.15) is 22.5 Å². The van der Waals surface area contributed by atoms with E-state index in [1.54, 1.807) is 18.2 Å². The minimum atomic E-state index is -2.83. The van der Waals surface area contributed by atoms with Gasteiger partial charge in [0, 0.05) is 18.2 Å². The van der Waals surface area contributed by atoms with Crippen molar-refractivity contribution in [2.45, 2.75) is 26.4 Å². The second-order valence-electron chi connectivity index (χ2n) is 4.27. The van der Waals surface area contributed by atoms with Crippen molar-refractivity contribution in [1.29, 1.82) is 0 Å². The van der Waals surface area contributed by atoms with Gasteiger partial charge in [-0.2, -0.15) is 8.78 Å². The maximum absolute atomic E-state index is 12.1. The molecule has 0 saturated carbocycles. The zero-order chi connectivity index (χ0) is 15.2. The lowest BCUT2D eigenvalue weighted by atomic mass is 10.3. The van der Waals surface area contributed by atoms with Crippen LogP contribution in [0.15, 0.2) is 30.3 Å². The number of anilines is 2. The van der Waals surface area contributed by atoms with Crippen LogP contribution in [0.3, 0.4) is 0 Å². The number of benzene rings is 1. The fourth-order valence-electron chi connectivity index (χ4n) is 1.73. The Balaban J connectivity index is 2.10. The number of aryl methyl sites for hydroxylation is 1. The summed E-state index contributed by atoms with van der Waals surface area (Å²) in [5.41, 5.74) is 0.689. The van der Waals surface area contributed by atoms with E-state index in [0.717, 1.165) is 12.8 Å². The first-order valence-corrected chi connectivity index (χ1v) is 6.80. The number of hydrogen-bond acceptors (Lipinski definition) is 4. The number of ether oxygens (including phenoxy) is 1. The molecule has 0 aliphatic heterocycles. The molecule has 0 fully saturated rings. The van der Waals surface area contributed by atoms with Crippen LogP contribution in [-0.2, 0) is 6.42 Å². The van der Waals surface area contributed by atoms with Crippen molar-refractivity contribution in [2.75, 3.05) is 5.32 Å². The number of nitrogens with zero attached hydrogens (tertiary/aromatic N) is 2. The molecule has 0 radical (unpaired) electrons. The molecule has 112 valence electrons. The molecule has 1 aromatic heterocycles. The summed E-state index contributed by atoms with van der Waals surface area (Å²) in [5, 5.41) is 3.40. The second kappa shape index (κ2) is 7.17. The van der Waals surface area contributed by atoms with Crippen LogP contribution in [-0.4, -0.2) is 16.6 Å². The van der Waals surface area contributed by atoms with E-state index in [0.29, 0.717) is 22.5 Å². The van der Waals surface area contributed by atoms with Gasteiger partial charge in [0.25, 0.3) is 0 Å². The van der Waals surface area contributed by atoms with Gasteiger partial charge in [-0.25, -0.2) is 9.97 Å². The smallest absolute Gasteiger partial charge is 0.387 e. The van der Waals surface area contributed by atoms with E-state index < -0.39 is 6.61 Å². The van der Waals surface area contributed by atoms with E-state index in [2.05, 4.69) is 20.0 Å². The predicted octanol–water partition coefficient (Wildman–Crippen LogP) is 4.43. The maximum Gasteiger partial charge on any atom is 0.387 e. The largest absolute Gasteiger partial charge is 0.435 e. The van der Waals surface area contributed by atoms with Gasteiger partial charge in [0.05, 0.1) is 0 Å². The Hall–Kier alpha value is -1.95. The molecule has 1 aromatic carbocycles. The number of halogens is 3. The van der Waals surface area contributed by atoms with Gasteiger partial charge in [0.2, 0.25) is 0 Å². The van der Waals surface area contributed by atoms with E-state index in [1.165, 1.54) is 12.1 Å². The summed E-state index contributed by atoms with van der Waals surface area (Å²) < 4.78 is 28.4. The average Bonchev–Trinajstić information content (AvgIpc) is 2.40. The minimum absolute atomic E-state index is 0.0999. The molecule has 0 unspecified atom stereocenters. The van der Waals surface area contributed by atoms with Crippen molar-refractivity contribution < 1.29 is 13.5 Å². The van der Waals surface area contributed by atoms with Crippen LogP contribution < -0.4 is 10.1 Å². The number of aromatic nitrogens is 2. The third-order valence-electron chi connectivity index (χ3n) is 2.57. The molecule has 1 heterocycles. The Morgan fingerprint density at radius 1 is 1.24 bits per heavy atom. The molecule has 0 bridgehead atoms. The summed E-state index contributed by atoms with van der Waals surface area (Å²) in [6.45, 7) is -0.805. The third kappa shape index (κ3) is 4.82. The van der Waals surface area contributed by atoms with Crippen molar-refractivity contribution in [2.24, 2.45) is 0 Å². The molecule has 0 saturated heterocycles. The second-order valence-corrected chi connectivity index (χ2v) is 4.66. The fraction of sp³-hybridized carbons (Fsp3) is 0.286. The first kappa shape index (κ1) is 15.4. The lowest BCUT2D eigenvalue weighted by molar-refractivity contribution is -0.0498. The van der Waals surface area contributed by atoms with Crippen molar-refractivity contribution >= 4 is 23.1 Å². The highest BCUT2D eigenvalue weighted by Crippen LogP contribution is 2.21. The summed E-state index contributed by atoms with van der Waals surface area (Å²) in [5.74, 6) is 1.31. The van der Waals surface area contributed by atoms with Crippen molar-refractivity contribution in [3.05, 3.63) is 41.3 Å². The van der Waals surface area contributed by atoms with Crippen LogP contribution in [0.25, 0.3) is 0 Å². The number of nitrogens with one attached hydrogen (secondary N) is 1. The third-order valence-corrected chi connectivity index (χ3v) is 2.76. The summed E-state index contributed by atoms with van der Waals surface area (Å²) in [4.78, 5) is 8.45. The molecule has 0 aliphatic rings. The number of alkyl halides is 2. The summed E-state index contributed by atoms with van der Waals surface area (Å²) in [6.07, 6.45) is 1.65. The lowest BCUT2D eigenvalue weighted by Gasteiger charge is -2.09. The highest BCUT2D eigenvalue weighted by molar-refractivity contribution is 6.29. The van der Waals surface area contributed by atoms with E-state index in [4.69, 9.17) is 11.6 Å². The molecular weight excluding hydrogens is 300 g/mol. The molecule has 21 heavy (non-hydrogen) atoms. The molecule has 4 nitrogen and oxygen atoms in total. The molecule has 2 rings (SSSR count). The Bertz CT molecular complexity index is 593. The fourth-order valence-corrected chi connectivity index (χ4v) is 1.93. The van der Waals surface area contributed by atoms with E-state index in [9.17, 15) is 8.78 Å². The minimum Gasteiger partial charge on any atom is -0.435 e. The molecule has 0 aliphatic carbocycles. The van der Waals surface area contributed by atoms with E-state index in [1.807, 2.05) is 6.92 Å². The van der Waals surface area contributed by atoms with Gasteiger partial charge >= 0.3 is 6.61 Å². The van der Waals surface area contributed by atoms with Crippen LogP contribution in [0.1, 0.15) is 19.2 Å². The van der Waals surface area contributed by atoms with Gasteiger partial charge in [-0.3, -0.25) is 0 Å². The highest BCUT2D eigenvalue weighted by Gasteiger charge is 2.05. The SMILES string of the molecule is CCCc1nc(Cl)cc(Nc2ccc(OC(F)F)cc2)n1. The quantitative estimate of drug-likeness (QED) is 0.802. The standard InChI is InChI=1S/C14H14ClF2N3O/c1-2-3-12-19-11(15)8-13(20-12)18-9-4-6-10(7-5-9)21-14(16)17/h4-8,14H,2-3H2,1H3,(H,18,19,20). The molecule has 2 aromatic rings. The Morgan fingerprint density at radius 3 is 2.57 bits per heavy atom. The predicted molar refractivity (Wildman–Crippen MR) is 77.4 cm³/mol. The Kier molecular flexibility index (Phi) is 5.27. The summed E-state index contributed by atoms with van der Waals surface area (Å²) in [6, 6.07) is 7.74.